The minimum absolute atomic E-state index is 0.197. The maximum Gasteiger partial charge on any atom is 0.343 e. The van der Waals surface area contributed by atoms with E-state index in [1.807, 2.05) is 12.1 Å². The Balaban J connectivity index is 1.12. The summed E-state index contributed by atoms with van der Waals surface area (Å²) >= 11 is 0. The van der Waals surface area contributed by atoms with E-state index in [4.69, 9.17) is 18.9 Å². The third kappa shape index (κ3) is 10.1. The van der Waals surface area contributed by atoms with Gasteiger partial charge in [-0.1, -0.05) is 36.3 Å². The minimum Gasteiger partial charge on any atom is -0.459 e. The highest BCUT2D eigenvalue weighted by Crippen LogP contribution is 2.23. The lowest BCUT2D eigenvalue weighted by atomic mass is 10.1. The van der Waals surface area contributed by atoms with Crippen molar-refractivity contribution in [2.24, 2.45) is 9.98 Å². The zero-order chi connectivity index (χ0) is 35.3. The van der Waals surface area contributed by atoms with Crippen molar-refractivity contribution in [3.05, 3.63) is 149 Å². The Hall–Kier alpha value is -6.79. The largest absolute Gasteiger partial charge is 0.459 e. The molecule has 5 rings (SSSR count). The van der Waals surface area contributed by atoms with E-state index in [2.05, 4.69) is 22.0 Å². The van der Waals surface area contributed by atoms with Crippen LogP contribution in [0.3, 0.4) is 0 Å². The molecule has 50 heavy (non-hydrogen) atoms. The van der Waals surface area contributed by atoms with Crippen LogP contribution < -0.4 is 14.2 Å². The second-order valence-electron chi connectivity index (χ2n) is 11.0. The lowest BCUT2D eigenvalue weighted by molar-refractivity contribution is 0.0377. The van der Waals surface area contributed by atoms with Crippen LogP contribution in [0.1, 0.15) is 63.0 Å². The Labute approximate surface area is 289 Å². The smallest absolute Gasteiger partial charge is 0.343 e. The van der Waals surface area contributed by atoms with Crippen LogP contribution in [0, 0.1) is 12.0 Å². The van der Waals surface area contributed by atoms with Gasteiger partial charge in [0.2, 0.25) is 0 Å². The van der Waals surface area contributed by atoms with E-state index < -0.39 is 11.9 Å². The lowest BCUT2D eigenvalue weighted by Crippen LogP contribution is -2.11. The molecule has 0 aromatic heterocycles. The van der Waals surface area contributed by atoms with Crippen molar-refractivity contribution < 1.29 is 33.3 Å². The van der Waals surface area contributed by atoms with Gasteiger partial charge in [-0.05, 0) is 110 Å². The third-order valence-electron chi connectivity index (χ3n) is 6.80. The highest BCUT2D eigenvalue weighted by atomic mass is 16.5. The maximum atomic E-state index is 12.8. The molecule has 0 amide bonds. The fraction of sp³-hybridized carbons (Fsp3) is 0.0976. The molecule has 0 bridgehead atoms. The molecule has 9 heteroatoms. The predicted molar refractivity (Wildman–Crippen MR) is 191 cm³/mol. The van der Waals surface area contributed by atoms with E-state index in [9.17, 15) is 14.4 Å². The number of esters is 3. The number of hydrogen-bond donors (Lipinski definition) is 0. The molecule has 5 aromatic carbocycles. The van der Waals surface area contributed by atoms with Crippen molar-refractivity contribution in [1.29, 1.82) is 0 Å². The zero-order valence-corrected chi connectivity index (χ0v) is 27.5. The van der Waals surface area contributed by atoms with Crippen LogP contribution >= 0.6 is 0 Å². The number of benzene rings is 5. The highest BCUT2D eigenvalue weighted by molar-refractivity contribution is 5.94. The average Bonchev–Trinajstić information content (AvgIpc) is 3.13. The molecule has 0 saturated heterocycles. The van der Waals surface area contributed by atoms with Crippen LogP contribution in [-0.4, -0.2) is 36.4 Å². The van der Waals surface area contributed by atoms with Gasteiger partial charge >= 0.3 is 17.9 Å². The van der Waals surface area contributed by atoms with Crippen molar-refractivity contribution in [2.75, 3.05) is 0 Å². The molecule has 0 heterocycles. The van der Waals surface area contributed by atoms with E-state index in [-0.39, 0.29) is 23.6 Å². The average molecular weight is 665 g/mol. The van der Waals surface area contributed by atoms with Crippen LogP contribution in [-0.2, 0) is 4.74 Å². The first kappa shape index (κ1) is 34.5. The van der Waals surface area contributed by atoms with Crippen molar-refractivity contribution in [3.63, 3.8) is 0 Å². The van der Waals surface area contributed by atoms with Crippen LogP contribution in [0.4, 0.5) is 11.4 Å². The van der Waals surface area contributed by atoms with Crippen molar-refractivity contribution in [2.45, 2.75) is 26.9 Å². The molecule has 248 valence electrons. The van der Waals surface area contributed by atoms with E-state index >= 15 is 0 Å². The quantitative estimate of drug-likeness (QED) is 0.0602. The number of ether oxygens (including phenoxy) is 4. The summed E-state index contributed by atoms with van der Waals surface area (Å²) in [6.07, 6.45) is 5.68. The molecular weight excluding hydrogens is 632 g/mol. The third-order valence-corrected chi connectivity index (χ3v) is 6.80. The van der Waals surface area contributed by atoms with Crippen LogP contribution in [0.15, 0.2) is 131 Å². The van der Waals surface area contributed by atoms with Crippen LogP contribution in [0.2, 0.25) is 0 Å². The summed E-state index contributed by atoms with van der Waals surface area (Å²) in [5.41, 5.74) is 4.07. The summed E-state index contributed by atoms with van der Waals surface area (Å²) in [7, 11) is 0. The van der Waals surface area contributed by atoms with E-state index in [1.54, 1.807) is 136 Å². The molecule has 5 aromatic rings. The molecule has 0 unspecified atom stereocenters. The normalized spacial score (nSPS) is 10.8. The number of nitrogens with zero attached hydrogens (tertiary/aromatic N) is 2. The Kier molecular flexibility index (Phi) is 11.6. The van der Waals surface area contributed by atoms with Gasteiger partial charge in [-0.2, -0.15) is 0 Å². The van der Waals surface area contributed by atoms with E-state index in [0.717, 1.165) is 16.8 Å². The summed E-state index contributed by atoms with van der Waals surface area (Å²) in [5, 5.41) is 0. The highest BCUT2D eigenvalue weighted by Gasteiger charge is 2.13. The molecule has 0 spiro atoms. The molecule has 0 atom stereocenters. The molecule has 0 aliphatic carbocycles. The first-order chi connectivity index (χ1) is 24.2. The van der Waals surface area contributed by atoms with Gasteiger partial charge in [0.05, 0.1) is 34.2 Å². The first-order valence-corrected chi connectivity index (χ1v) is 15.6. The molecule has 0 N–H and O–H groups in total. The van der Waals surface area contributed by atoms with Gasteiger partial charge in [-0.25, -0.2) is 14.4 Å². The Morgan fingerprint density at radius 3 is 1.48 bits per heavy atom. The number of carbonyl (C=O) groups excluding carboxylic acids is 3. The number of rotatable bonds is 11. The van der Waals surface area contributed by atoms with Gasteiger partial charge in [-0.3, -0.25) is 9.98 Å². The number of hydrogen-bond acceptors (Lipinski definition) is 9. The van der Waals surface area contributed by atoms with Gasteiger partial charge in [0.1, 0.15) is 23.4 Å². The van der Waals surface area contributed by atoms with Crippen LogP contribution in [0.25, 0.3) is 0 Å². The number of carbonyl (C=O) groups is 3. The summed E-state index contributed by atoms with van der Waals surface area (Å²) in [6.45, 7) is 5.29. The topological polar surface area (TPSA) is 113 Å². The fourth-order valence-electron chi connectivity index (χ4n) is 4.32. The molecule has 0 aliphatic heterocycles. The zero-order valence-electron chi connectivity index (χ0n) is 27.5. The molecule has 0 radical (unpaired) electrons. The second kappa shape index (κ2) is 16.9. The fourth-order valence-corrected chi connectivity index (χ4v) is 4.32. The van der Waals surface area contributed by atoms with Gasteiger partial charge in [0, 0.05) is 25.4 Å². The Morgan fingerprint density at radius 2 is 1.02 bits per heavy atom. The van der Waals surface area contributed by atoms with Gasteiger partial charge < -0.3 is 18.9 Å². The molecular formula is C41H32N2O7. The van der Waals surface area contributed by atoms with Gasteiger partial charge in [-0.15, -0.1) is 0 Å². The predicted octanol–water partition coefficient (Wildman–Crippen LogP) is 8.55. The van der Waals surface area contributed by atoms with Gasteiger partial charge in [0.25, 0.3) is 0 Å². The van der Waals surface area contributed by atoms with E-state index in [0.29, 0.717) is 28.1 Å². The van der Waals surface area contributed by atoms with Gasteiger partial charge in [0.15, 0.2) is 0 Å². The molecule has 0 saturated carbocycles. The van der Waals surface area contributed by atoms with Crippen molar-refractivity contribution in [1.82, 2.24) is 0 Å². The molecule has 0 aliphatic rings. The SMILES string of the molecule is CC#COc1ccc(N=Cc2ccc(C(=O)Oc3cccc(OC(=O)c4ccc(C=Nc5ccc(C(=O)OC(C)C)cc5)cc4)c3)cc2)cc1. The van der Waals surface area contributed by atoms with Crippen molar-refractivity contribution >= 4 is 41.7 Å². The molecule has 0 fully saturated rings. The maximum absolute atomic E-state index is 12.8. The summed E-state index contributed by atoms with van der Waals surface area (Å²) in [5.74, 6) is 2.21. The Morgan fingerprint density at radius 1 is 0.580 bits per heavy atom. The number of aliphatic imine (C=N–C) groups is 2. The van der Waals surface area contributed by atoms with Crippen molar-refractivity contribution in [3.8, 4) is 29.3 Å². The second-order valence-corrected chi connectivity index (χ2v) is 11.0. The monoisotopic (exact) mass is 664 g/mol. The lowest BCUT2D eigenvalue weighted by Gasteiger charge is -2.08. The standard InChI is InChI=1S/C41H32N2O7/c1-4-24-47-36-22-20-35(21-23-36)43-27-30-10-14-32(15-11-30)41(46)50-38-7-5-6-37(25-38)49-40(45)31-12-8-29(9-13-31)26-42-34-18-16-33(17-19-34)39(44)48-28(2)3/h5-23,25-28H,1-3H3. The first-order valence-electron chi connectivity index (χ1n) is 15.6. The summed E-state index contributed by atoms with van der Waals surface area (Å²) < 4.78 is 21.5. The van der Waals surface area contributed by atoms with E-state index in [1.165, 1.54) is 6.07 Å². The summed E-state index contributed by atoms with van der Waals surface area (Å²) in [4.78, 5) is 46.5. The summed E-state index contributed by atoms with van der Waals surface area (Å²) in [6, 6.07) is 33.8. The minimum atomic E-state index is -0.576. The molecule has 9 nitrogen and oxygen atoms in total. The van der Waals surface area contributed by atoms with Crippen LogP contribution in [0.5, 0.6) is 17.2 Å². The Bertz CT molecular complexity index is 2070.